The molecule has 2 aromatic rings. The van der Waals surface area contributed by atoms with Crippen LogP contribution in [0.1, 0.15) is 31.2 Å². The molecule has 0 N–H and O–H groups in total. The Morgan fingerprint density at radius 1 is 1.47 bits per heavy atom. The molecule has 2 rings (SSSR count). The molecule has 0 saturated carbocycles. The summed E-state index contributed by atoms with van der Waals surface area (Å²) in [6.07, 6.45) is 1.94. The predicted octanol–water partition coefficient (Wildman–Crippen LogP) is 3.85. The zero-order valence-corrected chi connectivity index (χ0v) is 10.2. The van der Waals surface area contributed by atoms with Crippen LogP contribution >= 0.6 is 23.2 Å². The van der Waals surface area contributed by atoms with E-state index in [1.165, 1.54) is 0 Å². The fraction of sp³-hybridized carbons (Fsp3) is 0.364. The summed E-state index contributed by atoms with van der Waals surface area (Å²) in [5.74, 6) is 0.810. The quantitative estimate of drug-likeness (QED) is 0.732. The van der Waals surface area contributed by atoms with Gasteiger partial charge in [-0.1, -0.05) is 25.4 Å². The van der Waals surface area contributed by atoms with E-state index >= 15 is 0 Å². The van der Waals surface area contributed by atoms with Gasteiger partial charge in [-0.2, -0.15) is 0 Å². The maximum atomic E-state index is 6.08. The smallest absolute Gasteiger partial charge is 0.156 e. The highest BCUT2D eigenvalue weighted by molar-refractivity contribution is 6.33. The summed E-state index contributed by atoms with van der Waals surface area (Å²) in [5, 5.41) is 0.663. The van der Waals surface area contributed by atoms with Crippen molar-refractivity contribution in [2.45, 2.75) is 25.6 Å². The average molecular weight is 243 g/mol. The van der Waals surface area contributed by atoms with E-state index in [1.54, 1.807) is 0 Å². The summed E-state index contributed by atoms with van der Waals surface area (Å²) >= 11 is 12.0. The van der Waals surface area contributed by atoms with E-state index < -0.39 is 0 Å². The number of rotatable bonds is 2. The Labute approximate surface area is 98.8 Å². The molecule has 2 heterocycles. The van der Waals surface area contributed by atoms with Crippen molar-refractivity contribution in [1.82, 2.24) is 9.38 Å². The molecule has 0 saturated heterocycles. The molecule has 0 unspecified atom stereocenters. The summed E-state index contributed by atoms with van der Waals surface area (Å²) in [6.45, 7) is 4.21. The first-order chi connectivity index (χ1) is 7.15. The molecule has 0 spiro atoms. The van der Waals surface area contributed by atoms with Gasteiger partial charge in [0.05, 0.1) is 22.3 Å². The van der Waals surface area contributed by atoms with Gasteiger partial charge in [0.1, 0.15) is 0 Å². The van der Waals surface area contributed by atoms with Crippen molar-refractivity contribution >= 4 is 28.8 Å². The minimum Gasteiger partial charge on any atom is -0.301 e. The number of pyridine rings is 1. The summed E-state index contributed by atoms with van der Waals surface area (Å²) in [6, 6.07) is 3.74. The van der Waals surface area contributed by atoms with E-state index in [0.29, 0.717) is 16.8 Å². The van der Waals surface area contributed by atoms with Gasteiger partial charge in [0.15, 0.2) is 5.65 Å². The van der Waals surface area contributed by atoms with Crippen LogP contribution in [0.3, 0.4) is 0 Å². The normalized spacial score (nSPS) is 11.5. The van der Waals surface area contributed by atoms with Crippen molar-refractivity contribution in [3.8, 4) is 0 Å². The Morgan fingerprint density at radius 2 is 2.20 bits per heavy atom. The SMILES string of the molecule is CC(C)c1nc2c(Cl)cccn2c1CCl. The minimum absolute atomic E-state index is 0.356. The van der Waals surface area contributed by atoms with Crippen LogP contribution in [0.4, 0.5) is 0 Å². The third-order valence-corrected chi connectivity index (χ3v) is 2.95. The molecule has 2 aromatic heterocycles. The first-order valence-electron chi connectivity index (χ1n) is 4.86. The van der Waals surface area contributed by atoms with Crippen LogP contribution < -0.4 is 0 Å². The lowest BCUT2D eigenvalue weighted by Crippen LogP contribution is -1.95. The summed E-state index contributed by atoms with van der Waals surface area (Å²) < 4.78 is 1.96. The number of halogens is 2. The predicted molar refractivity (Wildman–Crippen MR) is 63.8 cm³/mol. The highest BCUT2D eigenvalue weighted by atomic mass is 35.5. The maximum absolute atomic E-state index is 6.08. The highest BCUT2D eigenvalue weighted by Gasteiger charge is 2.15. The van der Waals surface area contributed by atoms with Gasteiger partial charge in [-0.15, -0.1) is 11.6 Å². The van der Waals surface area contributed by atoms with Crippen molar-refractivity contribution in [2.75, 3.05) is 0 Å². The lowest BCUT2D eigenvalue weighted by atomic mass is 10.1. The van der Waals surface area contributed by atoms with Crippen LogP contribution in [0.15, 0.2) is 18.3 Å². The number of fused-ring (bicyclic) bond motifs is 1. The summed E-state index contributed by atoms with van der Waals surface area (Å²) in [7, 11) is 0. The maximum Gasteiger partial charge on any atom is 0.156 e. The van der Waals surface area contributed by atoms with Gasteiger partial charge in [-0.05, 0) is 18.1 Å². The van der Waals surface area contributed by atoms with Crippen molar-refractivity contribution < 1.29 is 0 Å². The van der Waals surface area contributed by atoms with Crippen LogP contribution in [-0.2, 0) is 5.88 Å². The number of aromatic nitrogens is 2. The van der Waals surface area contributed by atoms with E-state index in [4.69, 9.17) is 23.2 Å². The number of imidazole rings is 1. The second-order valence-electron chi connectivity index (χ2n) is 3.78. The molecular weight excluding hydrogens is 231 g/mol. The average Bonchev–Trinajstić information content (AvgIpc) is 2.57. The molecule has 80 valence electrons. The van der Waals surface area contributed by atoms with Gasteiger partial charge in [0.2, 0.25) is 0 Å². The van der Waals surface area contributed by atoms with Crippen LogP contribution in [0.25, 0.3) is 5.65 Å². The van der Waals surface area contributed by atoms with E-state index in [2.05, 4.69) is 18.8 Å². The van der Waals surface area contributed by atoms with Gasteiger partial charge in [-0.25, -0.2) is 4.98 Å². The van der Waals surface area contributed by atoms with Gasteiger partial charge in [0, 0.05) is 6.20 Å². The Bertz CT molecular complexity index is 489. The first-order valence-corrected chi connectivity index (χ1v) is 5.77. The molecule has 15 heavy (non-hydrogen) atoms. The number of hydrogen-bond donors (Lipinski definition) is 0. The van der Waals surface area contributed by atoms with Gasteiger partial charge in [-0.3, -0.25) is 0 Å². The van der Waals surface area contributed by atoms with Gasteiger partial charge >= 0.3 is 0 Å². The third kappa shape index (κ3) is 1.72. The monoisotopic (exact) mass is 242 g/mol. The lowest BCUT2D eigenvalue weighted by molar-refractivity contribution is 0.818. The molecule has 0 aliphatic heterocycles. The summed E-state index contributed by atoms with van der Waals surface area (Å²) in [4.78, 5) is 4.53. The zero-order chi connectivity index (χ0) is 11.0. The standard InChI is InChI=1S/C11H12Cl2N2/c1-7(2)10-9(6-12)15-5-3-4-8(13)11(15)14-10/h3-5,7H,6H2,1-2H3. The molecule has 0 aliphatic carbocycles. The molecule has 2 nitrogen and oxygen atoms in total. The van der Waals surface area contributed by atoms with Crippen molar-refractivity contribution in [3.63, 3.8) is 0 Å². The van der Waals surface area contributed by atoms with Gasteiger partial charge < -0.3 is 4.40 Å². The summed E-state index contributed by atoms with van der Waals surface area (Å²) in [5.41, 5.74) is 2.85. The van der Waals surface area contributed by atoms with Gasteiger partial charge in [0.25, 0.3) is 0 Å². The second-order valence-corrected chi connectivity index (χ2v) is 4.46. The van der Waals surface area contributed by atoms with Crippen molar-refractivity contribution in [2.24, 2.45) is 0 Å². The van der Waals surface area contributed by atoms with Crippen LogP contribution in [-0.4, -0.2) is 9.38 Å². The largest absolute Gasteiger partial charge is 0.301 e. The Morgan fingerprint density at radius 3 is 2.80 bits per heavy atom. The van der Waals surface area contributed by atoms with Crippen LogP contribution in [0.2, 0.25) is 5.02 Å². The molecule has 0 aromatic carbocycles. The highest BCUT2D eigenvalue weighted by Crippen LogP contribution is 2.25. The van der Waals surface area contributed by atoms with Crippen LogP contribution in [0, 0.1) is 0 Å². The lowest BCUT2D eigenvalue weighted by Gasteiger charge is -2.03. The Balaban J connectivity index is 2.78. The molecule has 4 heteroatoms. The van der Waals surface area contributed by atoms with Crippen molar-refractivity contribution in [1.29, 1.82) is 0 Å². The van der Waals surface area contributed by atoms with E-state index in [9.17, 15) is 0 Å². The van der Waals surface area contributed by atoms with E-state index in [1.807, 2.05) is 22.7 Å². The fourth-order valence-electron chi connectivity index (χ4n) is 1.70. The molecule has 0 amide bonds. The Kier molecular flexibility index (Phi) is 2.89. The Hall–Kier alpha value is -0.730. The topological polar surface area (TPSA) is 17.3 Å². The third-order valence-electron chi connectivity index (χ3n) is 2.41. The fourth-order valence-corrected chi connectivity index (χ4v) is 2.17. The first kappa shape index (κ1) is 10.8. The number of nitrogens with zero attached hydrogens (tertiary/aromatic N) is 2. The zero-order valence-electron chi connectivity index (χ0n) is 8.67. The molecule has 0 aliphatic rings. The number of hydrogen-bond acceptors (Lipinski definition) is 1. The van der Waals surface area contributed by atoms with Crippen molar-refractivity contribution in [3.05, 3.63) is 34.7 Å². The molecule has 0 atom stereocenters. The molecule has 0 fully saturated rings. The second kappa shape index (κ2) is 4.03. The van der Waals surface area contributed by atoms with E-state index in [0.717, 1.165) is 17.0 Å². The van der Waals surface area contributed by atoms with Crippen LogP contribution in [0.5, 0.6) is 0 Å². The molecular formula is C11H12Cl2N2. The molecule has 0 radical (unpaired) electrons. The molecule has 0 bridgehead atoms. The minimum atomic E-state index is 0.356. The van der Waals surface area contributed by atoms with E-state index in [-0.39, 0.29) is 0 Å². The number of alkyl halides is 1.